The van der Waals surface area contributed by atoms with Gasteiger partial charge in [-0.25, -0.2) is 0 Å². The smallest absolute Gasteiger partial charge is 0.146 e. The zero-order valence-electron chi connectivity index (χ0n) is 19.6. The first kappa shape index (κ1) is 22.7. The Kier molecular flexibility index (Phi) is 7.67. The first-order valence-corrected chi connectivity index (χ1v) is 13.2. The van der Waals surface area contributed by atoms with Gasteiger partial charge < -0.3 is 0 Å². The minimum Gasteiger partial charge on any atom is -0.299 e. The largest absolute Gasteiger partial charge is 0.299 e. The number of fused-ring (bicyclic) bond motifs is 1. The summed E-state index contributed by atoms with van der Waals surface area (Å²) in [5, 5.41) is 0. The average molecular weight is 423 g/mol. The summed E-state index contributed by atoms with van der Waals surface area (Å²) < 4.78 is 0. The van der Waals surface area contributed by atoms with Crippen LogP contribution in [0.25, 0.3) is 0 Å². The van der Waals surface area contributed by atoms with E-state index < -0.39 is 0 Å². The van der Waals surface area contributed by atoms with Crippen molar-refractivity contribution in [3.63, 3.8) is 0 Å². The van der Waals surface area contributed by atoms with Crippen molar-refractivity contribution < 1.29 is 9.59 Å². The molecule has 31 heavy (non-hydrogen) atoms. The maximum atomic E-state index is 13.7. The molecular weight excluding hydrogens is 380 g/mol. The van der Waals surface area contributed by atoms with Crippen LogP contribution < -0.4 is 0 Å². The molecule has 1 aromatic rings. The van der Waals surface area contributed by atoms with Crippen molar-refractivity contribution in [1.29, 1.82) is 0 Å². The van der Waals surface area contributed by atoms with Crippen LogP contribution in [0.4, 0.5) is 0 Å². The highest BCUT2D eigenvalue weighted by atomic mass is 16.1. The Morgan fingerprint density at radius 2 is 1.61 bits per heavy atom. The molecule has 0 heterocycles. The number of carbonyl (C=O) groups is 2. The lowest BCUT2D eigenvalue weighted by Gasteiger charge is -2.40. The van der Waals surface area contributed by atoms with E-state index in [4.69, 9.17) is 0 Å². The molecule has 0 saturated heterocycles. The van der Waals surface area contributed by atoms with Gasteiger partial charge >= 0.3 is 0 Å². The molecule has 0 N–H and O–H groups in total. The fourth-order valence-electron chi connectivity index (χ4n) is 7.30. The molecular formula is C29H42O2. The van der Waals surface area contributed by atoms with Crippen LogP contribution in [0.15, 0.2) is 30.3 Å². The van der Waals surface area contributed by atoms with E-state index in [9.17, 15) is 9.59 Å². The Balaban J connectivity index is 1.34. The third kappa shape index (κ3) is 4.99. The van der Waals surface area contributed by atoms with Crippen molar-refractivity contribution >= 4 is 11.6 Å². The zero-order chi connectivity index (χ0) is 21.7. The van der Waals surface area contributed by atoms with Crippen LogP contribution in [0, 0.1) is 23.7 Å². The summed E-state index contributed by atoms with van der Waals surface area (Å²) in [5.74, 6) is 2.77. The fourth-order valence-corrected chi connectivity index (χ4v) is 7.30. The molecule has 3 saturated carbocycles. The van der Waals surface area contributed by atoms with E-state index in [-0.39, 0.29) is 11.3 Å². The van der Waals surface area contributed by atoms with Crippen LogP contribution in [0.2, 0.25) is 0 Å². The SMILES string of the molecule is CC(CCCC(=O)C1CCCC2CCCCC21)C(=O)C1(c2ccccc2)CCCCC1. The second kappa shape index (κ2) is 10.5. The Morgan fingerprint density at radius 3 is 2.39 bits per heavy atom. The Hall–Kier alpha value is -1.44. The first-order chi connectivity index (χ1) is 15.1. The summed E-state index contributed by atoms with van der Waals surface area (Å²) in [6.45, 7) is 2.11. The monoisotopic (exact) mass is 422 g/mol. The van der Waals surface area contributed by atoms with E-state index in [1.807, 2.05) is 6.07 Å². The molecule has 1 aromatic carbocycles. The Bertz CT molecular complexity index is 728. The zero-order valence-corrected chi connectivity index (χ0v) is 19.6. The van der Waals surface area contributed by atoms with E-state index in [2.05, 4.69) is 31.2 Å². The lowest BCUT2D eigenvalue weighted by atomic mass is 9.63. The molecule has 3 aliphatic rings. The van der Waals surface area contributed by atoms with E-state index in [1.165, 1.54) is 50.5 Å². The molecule has 4 unspecified atom stereocenters. The van der Waals surface area contributed by atoms with Crippen molar-refractivity contribution in [2.75, 3.05) is 0 Å². The van der Waals surface area contributed by atoms with E-state index in [0.29, 0.717) is 29.8 Å². The normalized spacial score (nSPS) is 29.0. The van der Waals surface area contributed by atoms with Gasteiger partial charge in [0.1, 0.15) is 11.6 Å². The molecule has 2 heteroatoms. The third-order valence-electron chi connectivity index (χ3n) is 9.00. The van der Waals surface area contributed by atoms with Crippen LogP contribution in [0.3, 0.4) is 0 Å². The van der Waals surface area contributed by atoms with Gasteiger partial charge in [-0.2, -0.15) is 0 Å². The van der Waals surface area contributed by atoms with Crippen LogP contribution in [-0.2, 0) is 15.0 Å². The first-order valence-electron chi connectivity index (χ1n) is 13.2. The predicted molar refractivity (Wildman–Crippen MR) is 127 cm³/mol. The van der Waals surface area contributed by atoms with E-state index >= 15 is 0 Å². The summed E-state index contributed by atoms with van der Waals surface area (Å²) in [5.41, 5.74) is 0.926. The van der Waals surface area contributed by atoms with Gasteiger partial charge in [0.25, 0.3) is 0 Å². The van der Waals surface area contributed by atoms with Gasteiger partial charge in [0.05, 0.1) is 5.41 Å². The summed E-state index contributed by atoms with van der Waals surface area (Å²) in [6.07, 6.45) is 17.0. The van der Waals surface area contributed by atoms with Gasteiger partial charge in [-0.1, -0.05) is 88.6 Å². The highest BCUT2D eigenvalue weighted by molar-refractivity contribution is 5.92. The number of carbonyl (C=O) groups excluding carboxylic acids is 2. The summed E-state index contributed by atoms with van der Waals surface area (Å²) >= 11 is 0. The van der Waals surface area contributed by atoms with Crippen molar-refractivity contribution in [2.24, 2.45) is 23.7 Å². The molecule has 4 atom stereocenters. The van der Waals surface area contributed by atoms with Crippen LogP contribution in [-0.4, -0.2) is 11.6 Å². The minimum atomic E-state index is -0.290. The molecule has 0 spiro atoms. The van der Waals surface area contributed by atoms with Crippen LogP contribution in [0.1, 0.15) is 109 Å². The molecule has 0 amide bonds. The number of Topliss-reactive ketones (excluding diaryl/α,β-unsaturated/α-hetero) is 2. The van der Waals surface area contributed by atoms with Crippen molar-refractivity contribution in [3.8, 4) is 0 Å². The topological polar surface area (TPSA) is 34.1 Å². The van der Waals surface area contributed by atoms with Crippen molar-refractivity contribution in [2.45, 2.75) is 109 Å². The van der Waals surface area contributed by atoms with Gasteiger partial charge in [-0.15, -0.1) is 0 Å². The van der Waals surface area contributed by atoms with E-state index in [1.54, 1.807) is 0 Å². The molecule has 4 rings (SSSR count). The lowest BCUT2D eigenvalue weighted by Crippen LogP contribution is -2.41. The standard InChI is InChI=1S/C29H42O2/c1-22(28(31)29(20-8-3-9-21-29)24-15-4-2-5-16-24)12-10-19-27(30)26-18-11-14-23-13-6-7-17-25(23)26/h2,4-5,15-16,22-23,25-26H,3,6-14,17-21H2,1H3. The van der Waals surface area contributed by atoms with Crippen LogP contribution >= 0.6 is 0 Å². The van der Waals surface area contributed by atoms with Gasteiger partial charge in [-0.3, -0.25) is 9.59 Å². The second-order valence-electron chi connectivity index (χ2n) is 10.9. The van der Waals surface area contributed by atoms with Crippen molar-refractivity contribution in [3.05, 3.63) is 35.9 Å². The number of ketones is 2. The molecule has 3 fully saturated rings. The molecule has 170 valence electrons. The molecule has 2 nitrogen and oxygen atoms in total. The third-order valence-corrected chi connectivity index (χ3v) is 9.00. The number of benzene rings is 1. The van der Waals surface area contributed by atoms with Crippen LogP contribution in [0.5, 0.6) is 0 Å². The Labute approximate surface area is 189 Å². The molecule has 0 bridgehead atoms. The number of hydrogen-bond acceptors (Lipinski definition) is 2. The van der Waals surface area contributed by atoms with E-state index in [0.717, 1.165) is 50.9 Å². The number of rotatable bonds is 8. The van der Waals surface area contributed by atoms with Gasteiger partial charge in [-0.05, 0) is 55.9 Å². The summed E-state index contributed by atoms with van der Waals surface area (Å²) in [6, 6.07) is 10.5. The van der Waals surface area contributed by atoms with Gasteiger partial charge in [0, 0.05) is 18.3 Å². The highest BCUT2D eigenvalue weighted by Crippen LogP contribution is 2.45. The highest BCUT2D eigenvalue weighted by Gasteiger charge is 2.42. The Morgan fingerprint density at radius 1 is 0.903 bits per heavy atom. The van der Waals surface area contributed by atoms with Gasteiger partial charge in [0.2, 0.25) is 0 Å². The molecule has 0 aliphatic heterocycles. The maximum Gasteiger partial charge on any atom is 0.146 e. The average Bonchev–Trinajstić information content (AvgIpc) is 2.84. The van der Waals surface area contributed by atoms with Gasteiger partial charge in [0.15, 0.2) is 0 Å². The number of hydrogen-bond donors (Lipinski definition) is 0. The molecule has 0 radical (unpaired) electrons. The fraction of sp³-hybridized carbons (Fsp3) is 0.724. The maximum absolute atomic E-state index is 13.7. The molecule has 3 aliphatic carbocycles. The lowest BCUT2D eigenvalue weighted by molar-refractivity contribution is -0.131. The predicted octanol–water partition coefficient (Wildman–Crippen LogP) is 7.44. The quantitative estimate of drug-likeness (QED) is 0.436. The summed E-state index contributed by atoms with van der Waals surface area (Å²) in [7, 11) is 0. The minimum absolute atomic E-state index is 0.0416. The second-order valence-corrected chi connectivity index (χ2v) is 10.9. The van der Waals surface area contributed by atoms with Crippen molar-refractivity contribution in [1.82, 2.24) is 0 Å². The molecule has 0 aromatic heterocycles. The summed E-state index contributed by atoms with van der Waals surface area (Å²) in [4.78, 5) is 26.8.